The van der Waals surface area contributed by atoms with E-state index in [1.807, 2.05) is 117 Å². The van der Waals surface area contributed by atoms with Crippen molar-refractivity contribution in [2.45, 2.75) is 116 Å². The van der Waals surface area contributed by atoms with E-state index in [-0.39, 0.29) is 30.2 Å². The third kappa shape index (κ3) is 12.8. The first kappa shape index (κ1) is 48.9. The van der Waals surface area contributed by atoms with Crippen molar-refractivity contribution in [2.75, 3.05) is 13.7 Å². The summed E-state index contributed by atoms with van der Waals surface area (Å²) in [6.07, 6.45) is 7.16. The Labute approximate surface area is 386 Å². The molecule has 0 saturated heterocycles. The van der Waals surface area contributed by atoms with Crippen LogP contribution in [0.4, 0.5) is 0 Å². The van der Waals surface area contributed by atoms with Gasteiger partial charge >= 0.3 is 0 Å². The fourth-order valence-electron chi connectivity index (χ4n) is 8.49. The SMILES string of the molecule is COc1ccc(Cn2c([C@@H](Cc3c[nH]c4ccccc34)NC(=O)[C@H](CC(C)C)NC(=O)[C@H](CC(C)C)NC(C)=O)nnc2[C@@H](Cc2c[nH]c3ccccc23)NC(=O)[C@@H](N)CCCCN)cc1. The molecule has 5 atom stereocenters. The Balaban J connectivity index is 1.47. The van der Waals surface area contributed by atoms with E-state index < -0.39 is 42.0 Å². The lowest BCUT2D eigenvalue weighted by Crippen LogP contribution is -2.54. The lowest BCUT2D eigenvalue weighted by atomic mass is 9.99. The van der Waals surface area contributed by atoms with Crippen LogP contribution in [0.3, 0.4) is 0 Å². The van der Waals surface area contributed by atoms with Crippen LogP contribution in [0.2, 0.25) is 0 Å². The van der Waals surface area contributed by atoms with Gasteiger partial charge in [-0.15, -0.1) is 10.2 Å². The van der Waals surface area contributed by atoms with Gasteiger partial charge in [0.2, 0.25) is 23.6 Å². The number of carbonyl (C=O) groups is 4. The molecule has 66 heavy (non-hydrogen) atoms. The van der Waals surface area contributed by atoms with Crippen LogP contribution in [0.25, 0.3) is 21.8 Å². The maximum absolute atomic E-state index is 14.8. The number of amides is 4. The summed E-state index contributed by atoms with van der Waals surface area (Å²) < 4.78 is 7.45. The summed E-state index contributed by atoms with van der Waals surface area (Å²) in [7, 11) is 1.61. The highest BCUT2D eigenvalue weighted by molar-refractivity contribution is 5.92. The average molecular weight is 902 g/mol. The maximum Gasteiger partial charge on any atom is 0.243 e. The number of nitrogens with one attached hydrogen (secondary N) is 6. The van der Waals surface area contributed by atoms with Gasteiger partial charge in [0.15, 0.2) is 11.6 Å². The predicted octanol–water partition coefficient (Wildman–Crippen LogP) is 5.64. The van der Waals surface area contributed by atoms with Crippen molar-refractivity contribution < 1.29 is 23.9 Å². The third-order valence-electron chi connectivity index (χ3n) is 11.8. The number of nitrogens with two attached hydrogens (primary N) is 2. The molecule has 0 bridgehead atoms. The molecule has 3 heterocycles. The number of hydrogen-bond acceptors (Lipinski definition) is 9. The van der Waals surface area contributed by atoms with Gasteiger partial charge in [-0.05, 0) is 85.0 Å². The predicted molar refractivity (Wildman–Crippen MR) is 257 cm³/mol. The molecule has 3 aromatic carbocycles. The van der Waals surface area contributed by atoms with Crippen LogP contribution >= 0.6 is 0 Å². The molecule has 0 spiro atoms. The number of unbranched alkanes of at least 4 members (excludes halogenated alkanes) is 1. The van der Waals surface area contributed by atoms with Gasteiger partial charge in [0.1, 0.15) is 17.8 Å². The number of methoxy groups -OCH3 is 1. The lowest BCUT2D eigenvalue weighted by molar-refractivity contribution is -0.132. The minimum absolute atomic E-state index is 0.0262. The molecule has 6 rings (SSSR count). The minimum Gasteiger partial charge on any atom is -0.497 e. The molecular weight excluding hydrogens is 835 g/mol. The van der Waals surface area contributed by atoms with Crippen LogP contribution in [0.5, 0.6) is 5.75 Å². The van der Waals surface area contributed by atoms with E-state index in [9.17, 15) is 19.2 Å². The van der Waals surface area contributed by atoms with Crippen molar-refractivity contribution in [3.8, 4) is 5.75 Å². The number of fused-ring (bicyclic) bond motifs is 2. The number of aromatic nitrogens is 5. The van der Waals surface area contributed by atoms with E-state index in [1.165, 1.54) is 6.92 Å². The molecular formula is C50H67N11O5. The van der Waals surface area contributed by atoms with Crippen LogP contribution in [0.1, 0.15) is 107 Å². The largest absolute Gasteiger partial charge is 0.497 e. The standard InChI is InChI=1S/C50H67N11O5/c1-30(2)23-44(55-32(5)62)49(64)58-45(24-31(3)4)50(65)57-43(26-35-28-54-41-17-10-8-14-38(35)41)47-60-59-46(61(47)29-33-18-20-36(66-6)21-19-33)42(56-48(63)39(52)15-11-12-22-51)25-34-27-53-40-16-9-7-13-37(34)40/h7-10,13-14,16-21,27-28,30-31,39,42-45,53-54H,11-12,15,22-26,29,51-52H2,1-6H3,(H,55,62)(H,56,63)(H,57,65)(H,58,64)/t39-,42+,43+,44-,45-/m0/s1. The minimum atomic E-state index is -0.946. The molecule has 0 aliphatic carbocycles. The van der Waals surface area contributed by atoms with Crippen LogP contribution in [-0.4, -0.2) is 80.1 Å². The summed E-state index contributed by atoms with van der Waals surface area (Å²) in [4.78, 5) is 61.7. The number of hydrogen-bond donors (Lipinski definition) is 8. The summed E-state index contributed by atoms with van der Waals surface area (Å²) in [6.45, 7) is 10.1. The zero-order valence-corrected chi connectivity index (χ0v) is 39.0. The second kappa shape index (κ2) is 23.1. The van der Waals surface area contributed by atoms with Crippen molar-refractivity contribution in [2.24, 2.45) is 23.3 Å². The smallest absolute Gasteiger partial charge is 0.243 e. The second-order valence-corrected chi connectivity index (χ2v) is 18.1. The highest BCUT2D eigenvalue weighted by atomic mass is 16.5. The van der Waals surface area contributed by atoms with Crippen LogP contribution < -0.4 is 37.5 Å². The molecule has 16 nitrogen and oxygen atoms in total. The molecule has 352 valence electrons. The Morgan fingerprint density at radius 1 is 0.682 bits per heavy atom. The van der Waals surface area contributed by atoms with Gasteiger partial charge in [0.05, 0.1) is 31.8 Å². The molecule has 0 fully saturated rings. The van der Waals surface area contributed by atoms with Gasteiger partial charge in [-0.1, -0.05) is 82.6 Å². The number of ether oxygens (including phenoxy) is 1. The number of rotatable bonds is 24. The van der Waals surface area contributed by atoms with Crippen molar-refractivity contribution in [1.82, 2.24) is 46.0 Å². The molecule has 4 amide bonds. The Morgan fingerprint density at radius 3 is 1.68 bits per heavy atom. The van der Waals surface area contributed by atoms with E-state index >= 15 is 0 Å². The zero-order chi connectivity index (χ0) is 47.3. The summed E-state index contributed by atoms with van der Waals surface area (Å²) in [6, 6.07) is 19.5. The molecule has 10 N–H and O–H groups in total. The van der Waals surface area contributed by atoms with Crippen molar-refractivity contribution in [1.29, 1.82) is 0 Å². The van der Waals surface area contributed by atoms with Gasteiger partial charge in [-0.25, -0.2) is 0 Å². The summed E-state index contributed by atoms with van der Waals surface area (Å²) in [5.74, 6) is 0.207. The monoisotopic (exact) mass is 902 g/mol. The fourth-order valence-corrected chi connectivity index (χ4v) is 8.49. The van der Waals surface area contributed by atoms with Gasteiger partial charge in [-0.2, -0.15) is 0 Å². The topological polar surface area (TPSA) is 240 Å². The van der Waals surface area contributed by atoms with E-state index in [4.69, 9.17) is 26.4 Å². The lowest BCUT2D eigenvalue weighted by Gasteiger charge is -2.27. The molecule has 0 aliphatic heterocycles. The van der Waals surface area contributed by atoms with Crippen LogP contribution in [-0.2, 0) is 38.6 Å². The van der Waals surface area contributed by atoms with Gasteiger partial charge < -0.3 is 52.0 Å². The van der Waals surface area contributed by atoms with Crippen LogP contribution in [0.15, 0.2) is 85.2 Å². The third-order valence-corrected chi connectivity index (χ3v) is 11.8. The highest BCUT2D eigenvalue weighted by Gasteiger charge is 2.33. The Hall–Kier alpha value is -6.52. The normalized spacial score (nSPS) is 13.9. The summed E-state index contributed by atoms with van der Waals surface area (Å²) >= 11 is 0. The Kier molecular flexibility index (Phi) is 17.1. The van der Waals surface area contributed by atoms with Crippen molar-refractivity contribution in [3.05, 3.63) is 114 Å². The summed E-state index contributed by atoms with van der Waals surface area (Å²) in [5.41, 5.74) is 16.9. The summed E-state index contributed by atoms with van der Waals surface area (Å²) in [5, 5.41) is 24.0. The first-order chi connectivity index (χ1) is 31.7. The number of carbonyl (C=O) groups excluding carboxylic acids is 4. The van der Waals surface area contributed by atoms with E-state index in [2.05, 4.69) is 31.2 Å². The van der Waals surface area contributed by atoms with Crippen molar-refractivity contribution >= 4 is 45.4 Å². The molecule has 3 aromatic heterocycles. The quantitative estimate of drug-likeness (QED) is 0.0351. The van der Waals surface area contributed by atoms with E-state index in [0.717, 1.165) is 44.9 Å². The second-order valence-electron chi connectivity index (χ2n) is 18.1. The molecule has 6 aromatic rings. The first-order valence-corrected chi connectivity index (χ1v) is 23.0. The van der Waals surface area contributed by atoms with Gasteiger partial charge in [0, 0.05) is 54.0 Å². The fraction of sp³-hybridized carbons (Fsp3) is 0.440. The van der Waals surface area contributed by atoms with E-state index in [0.29, 0.717) is 62.5 Å². The average Bonchev–Trinajstić information content (AvgIpc) is 4.02. The highest BCUT2D eigenvalue weighted by Crippen LogP contribution is 2.30. The molecule has 0 unspecified atom stereocenters. The Morgan fingerprint density at radius 2 is 1.18 bits per heavy atom. The van der Waals surface area contributed by atoms with Crippen LogP contribution in [0, 0.1) is 11.8 Å². The molecule has 0 aliphatic rings. The number of aromatic amines is 2. The molecule has 16 heteroatoms. The van der Waals surface area contributed by atoms with Gasteiger partial charge in [-0.3, -0.25) is 19.2 Å². The van der Waals surface area contributed by atoms with Gasteiger partial charge in [0.25, 0.3) is 0 Å². The zero-order valence-electron chi connectivity index (χ0n) is 39.0. The molecule has 0 radical (unpaired) electrons. The number of para-hydroxylation sites is 2. The van der Waals surface area contributed by atoms with E-state index in [1.54, 1.807) is 7.11 Å². The molecule has 0 saturated carbocycles. The Bertz CT molecular complexity index is 2540. The van der Waals surface area contributed by atoms with Crippen molar-refractivity contribution in [3.63, 3.8) is 0 Å². The number of H-pyrrole nitrogens is 2. The first-order valence-electron chi connectivity index (χ1n) is 23.0. The number of benzene rings is 3. The number of nitrogens with zero attached hydrogens (tertiary/aromatic N) is 3. The maximum atomic E-state index is 14.8.